The Morgan fingerprint density at radius 3 is 1.29 bits per heavy atom. The highest BCUT2D eigenvalue weighted by atomic mass is 14.8. The van der Waals surface area contributed by atoms with E-state index < -0.39 is 0 Å². The van der Waals surface area contributed by atoms with Crippen LogP contribution in [0.3, 0.4) is 0 Å². The van der Waals surface area contributed by atoms with Crippen molar-refractivity contribution < 1.29 is 0 Å². The molecule has 0 heterocycles. The first-order chi connectivity index (χ1) is 7.07. The summed E-state index contributed by atoms with van der Waals surface area (Å²) < 4.78 is 0. The molecule has 0 bridgehead atoms. The van der Waals surface area contributed by atoms with Gasteiger partial charge in [-0.25, -0.2) is 0 Å². The first-order valence-corrected chi connectivity index (χ1v) is 6.86. The summed E-state index contributed by atoms with van der Waals surface area (Å²) in [4.78, 5) is 0. The predicted octanol–water partition coefficient (Wildman–Crippen LogP) is 4.85. The molecule has 1 unspecified atom stereocenters. The molecule has 0 aliphatic rings. The van der Waals surface area contributed by atoms with Gasteiger partial charge in [-0.3, -0.25) is 0 Å². The van der Waals surface area contributed by atoms with Gasteiger partial charge in [-0.05, 0) is 42.4 Å². The van der Waals surface area contributed by atoms with Crippen molar-refractivity contribution in [2.24, 2.45) is 27.9 Å². The molecule has 0 fully saturated rings. The van der Waals surface area contributed by atoms with Crippen LogP contribution in [-0.2, 0) is 0 Å². The van der Waals surface area contributed by atoms with Gasteiger partial charge < -0.3 is 5.73 Å². The molecule has 0 spiro atoms. The summed E-state index contributed by atoms with van der Waals surface area (Å²) in [6.07, 6.45) is 1.20. The first-order valence-electron chi connectivity index (χ1n) is 6.86. The Morgan fingerprint density at radius 1 is 0.765 bits per heavy atom. The number of nitrogens with two attached hydrogens (primary N) is 1. The smallest absolute Gasteiger partial charge is 0.0135 e. The molecule has 0 aliphatic heterocycles. The van der Waals surface area contributed by atoms with Gasteiger partial charge >= 0.3 is 0 Å². The van der Waals surface area contributed by atoms with Gasteiger partial charge in [-0.2, -0.15) is 0 Å². The first kappa shape index (κ1) is 17.0. The monoisotopic (exact) mass is 241 g/mol. The molecule has 0 radical (unpaired) electrons. The zero-order valence-electron chi connectivity index (χ0n) is 13.9. The molecule has 0 aromatic carbocycles. The van der Waals surface area contributed by atoms with Crippen molar-refractivity contribution in [3.8, 4) is 0 Å². The minimum atomic E-state index is -0.146. The molecule has 104 valence electrons. The van der Waals surface area contributed by atoms with Crippen molar-refractivity contribution in [1.29, 1.82) is 0 Å². The Hall–Kier alpha value is -0.0400. The van der Waals surface area contributed by atoms with E-state index in [0.717, 1.165) is 0 Å². The van der Waals surface area contributed by atoms with Crippen LogP contribution in [0, 0.1) is 22.2 Å². The fraction of sp³-hybridized carbons (Fsp3) is 1.00. The van der Waals surface area contributed by atoms with Gasteiger partial charge in [0.2, 0.25) is 0 Å². The second-order valence-corrected chi connectivity index (χ2v) is 9.35. The topological polar surface area (TPSA) is 26.0 Å². The van der Waals surface area contributed by atoms with Crippen molar-refractivity contribution in [3.05, 3.63) is 0 Å². The molecule has 0 saturated carbocycles. The highest BCUT2D eigenvalue weighted by molar-refractivity contribution is 4.99. The van der Waals surface area contributed by atoms with E-state index in [1.807, 2.05) is 0 Å². The van der Waals surface area contributed by atoms with Crippen LogP contribution in [0.4, 0.5) is 0 Å². The molecule has 0 aromatic heterocycles. The Bertz CT molecular complexity index is 228. The molecule has 1 nitrogen and oxygen atoms in total. The molecule has 0 amide bonds. The van der Waals surface area contributed by atoms with E-state index in [-0.39, 0.29) is 16.4 Å². The summed E-state index contributed by atoms with van der Waals surface area (Å²) in [7, 11) is 0. The lowest BCUT2D eigenvalue weighted by Crippen LogP contribution is -2.54. The zero-order valence-corrected chi connectivity index (χ0v) is 13.9. The van der Waals surface area contributed by atoms with Crippen molar-refractivity contribution in [2.45, 2.75) is 81.2 Å². The summed E-state index contributed by atoms with van der Waals surface area (Å²) in [5.74, 6) is 0.488. The van der Waals surface area contributed by atoms with Gasteiger partial charge in [0.05, 0.1) is 0 Å². The van der Waals surface area contributed by atoms with Crippen LogP contribution in [0.15, 0.2) is 0 Å². The van der Waals surface area contributed by atoms with Gasteiger partial charge in [0, 0.05) is 5.54 Å². The Labute approximate surface area is 110 Å². The predicted molar refractivity (Wildman–Crippen MR) is 79.1 cm³/mol. The van der Waals surface area contributed by atoms with Crippen LogP contribution < -0.4 is 5.73 Å². The maximum absolute atomic E-state index is 6.47. The average Bonchev–Trinajstić information content (AvgIpc) is 1.66. The maximum Gasteiger partial charge on any atom is 0.0135 e. The molecular weight excluding hydrogens is 206 g/mol. The van der Waals surface area contributed by atoms with Crippen LogP contribution in [0.2, 0.25) is 0 Å². The number of hydrogen-bond acceptors (Lipinski definition) is 1. The Kier molecular flexibility index (Phi) is 4.56. The third-order valence-corrected chi connectivity index (χ3v) is 3.38. The Morgan fingerprint density at radius 2 is 1.12 bits per heavy atom. The third kappa shape index (κ3) is 5.42. The van der Waals surface area contributed by atoms with E-state index in [4.69, 9.17) is 5.73 Å². The van der Waals surface area contributed by atoms with Crippen molar-refractivity contribution >= 4 is 0 Å². The second-order valence-electron chi connectivity index (χ2n) is 9.35. The fourth-order valence-corrected chi connectivity index (χ4v) is 4.76. The summed E-state index contributed by atoms with van der Waals surface area (Å²) >= 11 is 0. The fourth-order valence-electron chi connectivity index (χ4n) is 4.76. The summed E-state index contributed by atoms with van der Waals surface area (Å²) in [5.41, 5.74) is 7.14. The van der Waals surface area contributed by atoms with Crippen LogP contribution in [0.1, 0.15) is 75.7 Å². The zero-order chi connectivity index (χ0) is 14.3. The van der Waals surface area contributed by atoms with Crippen molar-refractivity contribution in [1.82, 2.24) is 0 Å². The minimum Gasteiger partial charge on any atom is -0.325 e. The molecule has 1 heteroatoms. The lowest BCUT2D eigenvalue weighted by Gasteiger charge is -2.52. The van der Waals surface area contributed by atoms with E-state index in [9.17, 15) is 0 Å². The largest absolute Gasteiger partial charge is 0.325 e. The quantitative estimate of drug-likeness (QED) is 0.751. The van der Waals surface area contributed by atoms with E-state index >= 15 is 0 Å². The van der Waals surface area contributed by atoms with Gasteiger partial charge in [0.25, 0.3) is 0 Å². The number of rotatable bonds is 3. The van der Waals surface area contributed by atoms with Crippen molar-refractivity contribution in [3.63, 3.8) is 0 Å². The van der Waals surface area contributed by atoms with Gasteiger partial charge in [0.1, 0.15) is 0 Å². The SMILES string of the molecule is CC(C)(C)CC(C)(C)C(C(C)(C)C)C(C)(C)N. The van der Waals surface area contributed by atoms with Crippen molar-refractivity contribution in [2.75, 3.05) is 0 Å². The van der Waals surface area contributed by atoms with E-state index in [1.54, 1.807) is 0 Å². The minimum absolute atomic E-state index is 0.146. The molecule has 0 aliphatic carbocycles. The van der Waals surface area contributed by atoms with Crippen LogP contribution in [-0.4, -0.2) is 5.54 Å². The highest BCUT2D eigenvalue weighted by Crippen LogP contribution is 2.50. The third-order valence-electron chi connectivity index (χ3n) is 3.38. The lowest BCUT2D eigenvalue weighted by molar-refractivity contribution is 0.000667. The Balaban J connectivity index is 5.34. The standard InChI is InChI=1S/C16H35N/c1-13(2,3)11-15(7,8)12(14(4,5)6)16(9,10)17/h12H,11,17H2,1-10H3. The highest BCUT2D eigenvalue weighted by Gasteiger charge is 2.46. The maximum atomic E-state index is 6.47. The van der Waals surface area contributed by atoms with Gasteiger partial charge in [-0.15, -0.1) is 0 Å². The molecule has 17 heavy (non-hydrogen) atoms. The molecule has 2 N–H and O–H groups in total. The van der Waals surface area contributed by atoms with Gasteiger partial charge in [-0.1, -0.05) is 55.4 Å². The molecule has 1 atom stereocenters. The lowest BCUT2D eigenvalue weighted by atomic mass is 9.55. The second kappa shape index (κ2) is 4.57. The average molecular weight is 241 g/mol. The summed E-state index contributed by atoms with van der Waals surface area (Å²) in [6, 6.07) is 0. The van der Waals surface area contributed by atoms with E-state index in [1.165, 1.54) is 6.42 Å². The van der Waals surface area contributed by atoms with Crippen LogP contribution in [0.5, 0.6) is 0 Å². The van der Waals surface area contributed by atoms with Crippen LogP contribution in [0.25, 0.3) is 0 Å². The summed E-state index contributed by atoms with van der Waals surface area (Å²) in [6.45, 7) is 23.0. The van der Waals surface area contributed by atoms with E-state index in [0.29, 0.717) is 11.3 Å². The molecule has 0 rings (SSSR count). The molecule has 0 saturated heterocycles. The normalized spacial score (nSPS) is 17.1. The number of hydrogen-bond donors (Lipinski definition) is 1. The molecule has 0 aromatic rings. The van der Waals surface area contributed by atoms with Gasteiger partial charge in [0.15, 0.2) is 0 Å². The van der Waals surface area contributed by atoms with Crippen LogP contribution >= 0.6 is 0 Å². The summed E-state index contributed by atoms with van der Waals surface area (Å²) in [5, 5.41) is 0. The van der Waals surface area contributed by atoms with E-state index in [2.05, 4.69) is 69.2 Å². The molecular formula is C16H35N.